The van der Waals surface area contributed by atoms with Crippen LogP contribution in [0, 0.1) is 25.8 Å². The molecule has 212 valence electrons. The standard InChI is InChI=1S/C17H17S.C17H15.C2H6Si.2ClH.Zr/c1-11(2)14-9-15-16(10-14)18-12(3)17(15)13-7-5-4-6-8-13;1-12-10-16-13(2)8-9-15(17(16)11-12)14-6-4-3-5-7-14;1-3-2;;;/h4-9,11-12H,1-3H3;3-11H,1-2H3;1-2H3;2*1H;/q2*-1;;;;+2/p-2. The van der Waals surface area contributed by atoms with Gasteiger partial charge in [-0.15, -0.1) is 50.7 Å². The van der Waals surface area contributed by atoms with E-state index in [1.165, 1.54) is 60.2 Å². The van der Waals surface area contributed by atoms with Crippen LogP contribution in [0.5, 0.6) is 0 Å². The maximum Gasteiger partial charge on any atom is -0.0279 e. The minimum absolute atomic E-state index is 0. The molecule has 4 aromatic rings. The fourth-order valence-corrected chi connectivity index (χ4v) is 6.19. The van der Waals surface area contributed by atoms with E-state index in [4.69, 9.17) is 0 Å². The molecule has 0 radical (unpaired) electrons. The van der Waals surface area contributed by atoms with Crippen molar-refractivity contribution in [2.24, 2.45) is 5.92 Å². The largest absolute Gasteiger partial charge is 1.00 e. The van der Waals surface area contributed by atoms with Gasteiger partial charge in [0.2, 0.25) is 0 Å². The average Bonchev–Trinajstić information content (AvgIpc) is 3.57. The smallest absolute Gasteiger partial charge is 0.0279 e. The van der Waals surface area contributed by atoms with Gasteiger partial charge in [-0.2, -0.15) is 23.3 Å². The van der Waals surface area contributed by atoms with Gasteiger partial charge < -0.3 is 24.8 Å². The zero-order valence-electron chi connectivity index (χ0n) is 25.0. The molecule has 0 aromatic heterocycles. The Morgan fingerprint density at radius 1 is 0.878 bits per heavy atom. The van der Waals surface area contributed by atoms with Crippen LogP contribution in [0.1, 0.15) is 37.5 Å². The third-order valence-corrected chi connectivity index (χ3v) is 7.98. The van der Waals surface area contributed by atoms with Crippen LogP contribution in [-0.4, -0.2) is 10.7 Å². The molecule has 1 atom stereocenters. The second kappa shape index (κ2) is 16.4. The number of halogens is 2. The van der Waals surface area contributed by atoms with Gasteiger partial charge >= 0.3 is 41.9 Å². The molecule has 0 spiro atoms. The quantitative estimate of drug-likeness (QED) is 0.226. The van der Waals surface area contributed by atoms with Gasteiger partial charge in [-0.1, -0.05) is 106 Å². The number of allylic oxidation sites excluding steroid dienone is 4. The van der Waals surface area contributed by atoms with Gasteiger partial charge in [0, 0.05) is 5.25 Å². The number of thioether (sulfide) groups is 1. The first-order valence-corrected chi connectivity index (χ1v) is 20.8. The predicted octanol–water partition coefficient (Wildman–Crippen LogP) is 4.49. The molecule has 1 aliphatic heterocycles. The molecule has 2 aliphatic rings. The SMILES string of the molecule is CC(C)C1=CC2=C(c3ccccc3)C(C)SC2=[C-]1.C[Si](C)=[Zr+2].Cc1cc2c(-c3ccccc3)ccc(C)c2[cH-]1.[Cl-].[Cl-]. The zero-order chi connectivity index (χ0) is 28.1. The molecule has 0 saturated carbocycles. The number of rotatable bonds is 3. The molecule has 0 fully saturated rings. The Morgan fingerprint density at radius 2 is 1.44 bits per heavy atom. The van der Waals surface area contributed by atoms with Crippen molar-refractivity contribution in [1.82, 2.24) is 0 Å². The third-order valence-electron chi connectivity index (χ3n) is 6.83. The summed E-state index contributed by atoms with van der Waals surface area (Å²) >= 11 is 3.68. The summed E-state index contributed by atoms with van der Waals surface area (Å²) in [6.45, 7) is 15.7. The Hall–Kier alpha value is -1.48. The van der Waals surface area contributed by atoms with E-state index >= 15 is 0 Å². The number of fused-ring (bicyclic) bond motifs is 2. The first-order valence-electron chi connectivity index (χ1n) is 13.7. The molecule has 1 aliphatic carbocycles. The Balaban J connectivity index is 0.000000244. The summed E-state index contributed by atoms with van der Waals surface area (Å²) in [5.74, 6) is 0.559. The molecular weight excluding hydrogens is 655 g/mol. The van der Waals surface area contributed by atoms with E-state index < -0.39 is 0 Å². The first-order chi connectivity index (χ1) is 18.7. The molecular formula is C36H38Cl2SSiZr-2. The fourth-order valence-electron chi connectivity index (χ4n) is 4.98. The van der Waals surface area contributed by atoms with E-state index in [2.05, 4.69) is 145 Å². The Labute approximate surface area is 279 Å². The summed E-state index contributed by atoms with van der Waals surface area (Å²) in [6.07, 6.45) is 5.90. The van der Waals surface area contributed by atoms with Gasteiger partial charge in [0.25, 0.3) is 0 Å². The van der Waals surface area contributed by atoms with Crippen molar-refractivity contribution in [2.45, 2.75) is 53.0 Å². The number of hydrogen-bond donors (Lipinski definition) is 0. The van der Waals surface area contributed by atoms with Crippen molar-refractivity contribution in [3.63, 3.8) is 0 Å². The Bertz CT molecular complexity index is 1560. The van der Waals surface area contributed by atoms with Crippen LogP contribution in [0.2, 0.25) is 13.1 Å². The summed E-state index contributed by atoms with van der Waals surface area (Å²) in [5.41, 5.74) is 11.1. The maximum atomic E-state index is 3.57. The van der Waals surface area contributed by atoms with E-state index in [-0.39, 0.29) is 30.2 Å². The van der Waals surface area contributed by atoms with Crippen molar-refractivity contribution in [2.75, 3.05) is 0 Å². The van der Waals surface area contributed by atoms with Gasteiger partial charge in [-0.25, -0.2) is 6.08 Å². The molecule has 0 bridgehead atoms. The third kappa shape index (κ3) is 9.01. The Morgan fingerprint density at radius 3 is 2.00 bits per heavy atom. The van der Waals surface area contributed by atoms with Crippen LogP contribution in [0.4, 0.5) is 0 Å². The number of hydrogen-bond acceptors (Lipinski definition) is 1. The number of aryl methyl sites for hydroxylation is 2. The molecule has 0 amide bonds. The second-order valence-corrected chi connectivity index (χ2v) is 21.5. The molecule has 0 nitrogen and oxygen atoms in total. The molecule has 0 N–H and O–H groups in total. The van der Waals surface area contributed by atoms with E-state index in [0.29, 0.717) is 11.2 Å². The maximum absolute atomic E-state index is 3.57. The summed E-state index contributed by atoms with van der Waals surface area (Å²) in [4.78, 5) is 1.34. The summed E-state index contributed by atoms with van der Waals surface area (Å²) < 4.78 is 0. The van der Waals surface area contributed by atoms with Crippen molar-refractivity contribution >= 4 is 33.5 Å². The van der Waals surface area contributed by atoms with Gasteiger partial charge in [0.1, 0.15) is 0 Å². The van der Waals surface area contributed by atoms with Crippen LogP contribution in [0.25, 0.3) is 27.5 Å². The fraction of sp³-hybridized carbons (Fsp3) is 0.250. The minimum Gasteiger partial charge on any atom is -1.00 e. The first kappa shape index (κ1) is 35.7. The molecule has 1 unspecified atom stereocenters. The van der Waals surface area contributed by atoms with Crippen LogP contribution in [0.3, 0.4) is 0 Å². The second-order valence-electron chi connectivity index (χ2n) is 10.8. The molecule has 0 saturated heterocycles. The van der Waals surface area contributed by atoms with Gasteiger partial charge in [0.15, 0.2) is 0 Å². The molecule has 4 aromatic carbocycles. The zero-order valence-corrected chi connectivity index (χ0v) is 30.8. The molecule has 41 heavy (non-hydrogen) atoms. The number of benzene rings is 3. The van der Waals surface area contributed by atoms with Crippen LogP contribution < -0.4 is 24.8 Å². The molecule has 6 rings (SSSR count). The van der Waals surface area contributed by atoms with Crippen molar-refractivity contribution < 1.29 is 48.1 Å². The normalized spacial score (nSPS) is 15.0. The van der Waals surface area contributed by atoms with Gasteiger partial charge in [-0.05, 0) is 24.0 Å². The molecule has 1 heterocycles. The van der Waals surface area contributed by atoms with Crippen molar-refractivity contribution in [3.05, 3.63) is 130 Å². The van der Waals surface area contributed by atoms with Crippen LogP contribution >= 0.6 is 11.8 Å². The Kier molecular flexibility index (Phi) is 14.3. The van der Waals surface area contributed by atoms with E-state index in [0.717, 1.165) is 0 Å². The summed E-state index contributed by atoms with van der Waals surface area (Å²) in [7, 11) is 0. The van der Waals surface area contributed by atoms with E-state index in [1.54, 1.807) is 23.3 Å². The van der Waals surface area contributed by atoms with E-state index in [1.807, 2.05) is 11.8 Å². The van der Waals surface area contributed by atoms with E-state index in [9.17, 15) is 0 Å². The summed E-state index contributed by atoms with van der Waals surface area (Å²) in [5, 5.41) is 3.28. The topological polar surface area (TPSA) is 0 Å². The van der Waals surface area contributed by atoms with Crippen LogP contribution in [-0.2, 0) is 23.3 Å². The molecule has 5 heteroatoms. The van der Waals surface area contributed by atoms with Gasteiger partial charge in [-0.3, -0.25) is 0 Å². The predicted molar refractivity (Wildman–Crippen MR) is 172 cm³/mol. The summed E-state index contributed by atoms with van der Waals surface area (Å²) in [6, 6.07) is 30.3. The van der Waals surface area contributed by atoms with Crippen molar-refractivity contribution in [1.29, 1.82) is 0 Å². The van der Waals surface area contributed by atoms with Gasteiger partial charge in [0.05, 0.1) is 0 Å². The average molecular weight is 693 g/mol. The van der Waals surface area contributed by atoms with Crippen molar-refractivity contribution in [3.8, 4) is 11.1 Å². The monoisotopic (exact) mass is 690 g/mol. The van der Waals surface area contributed by atoms with Crippen LogP contribution in [0.15, 0.2) is 107 Å². The minimum atomic E-state index is 0.